The average molecular weight is 357 g/mol. The van der Waals surface area contributed by atoms with Crippen molar-refractivity contribution in [1.82, 2.24) is 4.98 Å². The lowest BCUT2D eigenvalue weighted by molar-refractivity contribution is 0.420. The first-order valence-corrected chi connectivity index (χ1v) is 7.90. The van der Waals surface area contributed by atoms with Crippen LogP contribution in [0.5, 0.6) is 5.75 Å². The number of halogens is 1. The number of aromatic nitrogens is 1. The largest absolute Gasteiger partial charge is 0.492 e. The molecule has 0 bridgehead atoms. The zero-order valence-electron chi connectivity index (χ0n) is 12.6. The van der Waals surface area contributed by atoms with E-state index in [1.807, 2.05) is 37.3 Å². The molecule has 1 heterocycles. The number of anilines is 1. The molecular weight excluding hydrogens is 340 g/mol. The van der Waals surface area contributed by atoms with Crippen LogP contribution in [0.4, 0.5) is 5.69 Å². The zero-order chi connectivity index (χ0) is 15.5. The molecule has 112 valence electrons. The second-order valence-electron chi connectivity index (χ2n) is 5.13. The van der Waals surface area contributed by atoms with E-state index in [1.54, 1.807) is 7.11 Å². The molecule has 4 heteroatoms. The highest BCUT2D eigenvalue weighted by Gasteiger charge is 2.13. The smallest absolute Gasteiger partial charge is 0.168 e. The van der Waals surface area contributed by atoms with Gasteiger partial charge in [0.15, 0.2) is 5.75 Å². The van der Waals surface area contributed by atoms with E-state index in [9.17, 15) is 0 Å². The first-order chi connectivity index (χ1) is 10.7. The molecule has 3 nitrogen and oxygen atoms in total. The van der Waals surface area contributed by atoms with Crippen molar-refractivity contribution < 1.29 is 4.74 Å². The highest BCUT2D eigenvalue weighted by Crippen LogP contribution is 2.37. The fourth-order valence-corrected chi connectivity index (χ4v) is 3.00. The first kappa shape index (κ1) is 14.9. The molecule has 0 saturated carbocycles. The van der Waals surface area contributed by atoms with Gasteiger partial charge in [-0.1, -0.05) is 46.3 Å². The molecule has 0 amide bonds. The predicted octanol–water partition coefficient (Wildman–Crippen LogP) is 4.93. The first-order valence-electron chi connectivity index (χ1n) is 7.10. The van der Waals surface area contributed by atoms with E-state index < -0.39 is 0 Å². The number of benzene rings is 2. The molecule has 1 N–H and O–H groups in total. The van der Waals surface area contributed by atoms with E-state index in [-0.39, 0.29) is 0 Å². The minimum absolute atomic E-state index is 0.737. The van der Waals surface area contributed by atoms with E-state index in [4.69, 9.17) is 4.74 Å². The highest BCUT2D eigenvalue weighted by atomic mass is 79.9. The predicted molar refractivity (Wildman–Crippen MR) is 94.5 cm³/mol. The van der Waals surface area contributed by atoms with E-state index in [0.29, 0.717) is 0 Å². The molecular formula is C18H17BrN2O. The molecule has 0 atom stereocenters. The second-order valence-corrected chi connectivity index (χ2v) is 5.98. The SMILES string of the molecule is COc1c(NCc2ccccc2)cc(Br)c2ccc(C)nc12. The fraction of sp³-hybridized carbons (Fsp3) is 0.167. The number of hydrogen-bond acceptors (Lipinski definition) is 3. The standard InChI is InChI=1S/C18H17BrN2O/c1-12-8-9-14-15(19)10-16(18(22-2)17(14)21-12)20-11-13-6-4-3-5-7-13/h3-10,20H,11H2,1-2H3. The summed E-state index contributed by atoms with van der Waals surface area (Å²) in [6.45, 7) is 2.72. The van der Waals surface area contributed by atoms with E-state index in [0.717, 1.165) is 39.1 Å². The number of methoxy groups -OCH3 is 1. The van der Waals surface area contributed by atoms with Crippen LogP contribution in [0, 0.1) is 6.92 Å². The van der Waals surface area contributed by atoms with Crippen LogP contribution in [0.2, 0.25) is 0 Å². The summed E-state index contributed by atoms with van der Waals surface area (Å²) in [6.07, 6.45) is 0. The number of ether oxygens (including phenoxy) is 1. The number of aryl methyl sites for hydroxylation is 1. The van der Waals surface area contributed by atoms with Crippen molar-refractivity contribution in [2.24, 2.45) is 0 Å². The van der Waals surface area contributed by atoms with Crippen LogP contribution in [-0.2, 0) is 6.54 Å². The van der Waals surface area contributed by atoms with Gasteiger partial charge < -0.3 is 10.1 Å². The minimum Gasteiger partial charge on any atom is -0.492 e. The van der Waals surface area contributed by atoms with Gasteiger partial charge in [0.1, 0.15) is 5.52 Å². The summed E-state index contributed by atoms with van der Waals surface area (Å²) in [5, 5.41) is 4.49. The summed E-state index contributed by atoms with van der Waals surface area (Å²) in [4.78, 5) is 4.63. The minimum atomic E-state index is 0.737. The molecule has 0 fully saturated rings. The molecule has 1 aromatic heterocycles. The molecule has 0 unspecified atom stereocenters. The van der Waals surface area contributed by atoms with Crippen molar-refractivity contribution in [3.05, 3.63) is 64.3 Å². The normalized spacial score (nSPS) is 10.7. The monoisotopic (exact) mass is 356 g/mol. The molecule has 22 heavy (non-hydrogen) atoms. The molecule has 0 aliphatic rings. The quantitative estimate of drug-likeness (QED) is 0.719. The molecule has 0 aliphatic heterocycles. The summed E-state index contributed by atoms with van der Waals surface area (Å²) in [7, 11) is 1.68. The molecule has 2 aromatic carbocycles. The lowest BCUT2D eigenvalue weighted by Crippen LogP contribution is -2.02. The third-order valence-electron chi connectivity index (χ3n) is 3.55. The molecule has 0 saturated heterocycles. The van der Waals surface area contributed by atoms with Gasteiger partial charge in [0.25, 0.3) is 0 Å². The van der Waals surface area contributed by atoms with Gasteiger partial charge in [-0.15, -0.1) is 0 Å². The molecule has 0 radical (unpaired) electrons. The van der Waals surface area contributed by atoms with Crippen LogP contribution >= 0.6 is 15.9 Å². The zero-order valence-corrected chi connectivity index (χ0v) is 14.1. The van der Waals surface area contributed by atoms with E-state index in [2.05, 4.69) is 44.4 Å². The molecule has 0 spiro atoms. The maximum atomic E-state index is 5.61. The van der Waals surface area contributed by atoms with Gasteiger partial charge in [0, 0.05) is 22.1 Å². The Morgan fingerprint density at radius 2 is 1.91 bits per heavy atom. The summed E-state index contributed by atoms with van der Waals surface area (Å²) in [5.74, 6) is 0.776. The van der Waals surface area contributed by atoms with Gasteiger partial charge in [0.05, 0.1) is 12.8 Å². The Bertz CT molecular complexity index is 803. The van der Waals surface area contributed by atoms with Gasteiger partial charge >= 0.3 is 0 Å². The van der Waals surface area contributed by atoms with Crippen LogP contribution < -0.4 is 10.1 Å². The van der Waals surface area contributed by atoms with Crippen LogP contribution in [0.15, 0.2) is 53.0 Å². The van der Waals surface area contributed by atoms with Gasteiger partial charge in [-0.25, -0.2) is 4.98 Å². The Hall–Kier alpha value is -2.07. The Labute approximate surface area is 138 Å². The number of rotatable bonds is 4. The Morgan fingerprint density at radius 3 is 2.64 bits per heavy atom. The van der Waals surface area contributed by atoms with E-state index >= 15 is 0 Å². The van der Waals surface area contributed by atoms with Crippen LogP contribution in [0.3, 0.4) is 0 Å². The third-order valence-corrected chi connectivity index (χ3v) is 4.21. The molecule has 0 aliphatic carbocycles. The van der Waals surface area contributed by atoms with Crippen molar-refractivity contribution >= 4 is 32.5 Å². The lowest BCUT2D eigenvalue weighted by Gasteiger charge is -2.15. The summed E-state index contributed by atoms with van der Waals surface area (Å²) in [6, 6.07) is 16.4. The second kappa shape index (κ2) is 6.36. The van der Waals surface area contributed by atoms with Gasteiger partial charge in [0.2, 0.25) is 0 Å². The molecule has 3 aromatic rings. The lowest BCUT2D eigenvalue weighted by atomic mass is 10.1. The Balaban J connectivity index is 2.01. The van der Waals surface area contributed by atoms with Crippen molar-refractivity contribution in [2.45, 2.75) is 13.5 Å². The van der Waals surface area contributed by atoms with Crippen LogP contribution in [-0.4, -0.2) is 12.1 Å². The van der Waals surface area contributed by atoms with Crippen LogP contribution in [0.1, 0.15) is 11.3 Å². The average Bonchev–Trinajstić information content (AvgIpc) is 2.54. The fourth-order valence-electron chi connectivity index (χ4n) is 2.45. The summed E-state index contributed by atoms with van der Waals surface area (Å²) >= 11 is 3.63. The number of fused-ring (bicyclic) bond motifs is 1. The van der Waals surface area contributed by atoms with Crippen molar-refractivity contribution in [3.63, 3.8) is 0 Å². The summed E-state index contributed by atoms with van der Waals surface area (Å²) in [5.41, 5.74) is 3.99. The number of hydrogen-bond donors (Lipinski definition) is 1. The topological polar surface area (TPSA) is 34.1 Å². The van der Waals surface area contributed by atoms with Crippen LogP contribution in [0.25, 0.3) is 10.9 Å². The maximum absolute atomic E-state index is 5.61. The summed E-state index contributed by atoms with van der Waals surface area (Å²) < 4.78 is 6.62. The maximum Gasteiger partial charge on any atom is 0.168 e. The highest BCUT2D eigenvalue weighted by molar-refractivity contribution is 9.10. The van der Waals surface area contributed by atoms with Gasteiger partial charge in [-0.3, -0.25) is 0 Å². The van der Waals surface area contributed by atoms with Crippen molar-refractivity contribution in [1.29, 1.82) is 0 Å². The number of pyridine rings is 1. The Kier molecular flexibility index (Phi) is 4.29. The van der Waals surface area contributed by atoms with E-state index in [1.165, 1.54) is 5.56 Å². The Morgan fingerprint density at radius 1 is 1.14 bits per heavy atom. The van der Waals surface area contributed by atoms with Crippen molar-refractivity contribution in [2.75, 3.05) is 12.4 Å². The number of nitrogens with zero attached hydrogens (tertiary/aromatic N) is 1. The van der Waals surface area contributed by atoms with Crippen molar-refractivity contribution in [3.8, 4) is 5.75 Å². The number of nitrogens with one attached hydrogen (secondary N) is 1. The molecule has 3 rings (SSSR count). The van der Waals surface area contributed by atoms with Gasteiger partial charge in [-0.05, 0) is 30.7 Å². The van der Waals surface area contributed by atoms with Gasteiger partial charge in [-0.2, -0.15) is 0 Å². The third kappa shape index (κ3) is 2.92.